The summed E-state index contributed by atoms with van der Waals surface area (Å²) < 4.78 is 0. The van der Waals surface area contributed by atoms with Gasteiger partial charge in [0, 0.05) is 24.3 Å². The topological polar surface area (TPSA) is 41.1 Å². The fourth-order valence-electron chi connectivity index (χ4n) is 2.48. The number of amides is 1. The Bertz CT molecular complexity index is 378. The molecule has 1 saturated carbocycles. The molecule has 1 aromatic rings. The highest BCUT2D eigenvalue weighted by atomic mass is 16.1. The normalized spacial score (nSPS) is 16.9. The first kappa shape index (κ1) is 12.9. The Morgan fingerprint density at radius 2 is 1.67 bits per heavy atom. The predicted molar refractivity (Wildman–Crippen MR) is 74.9 cm³/mol. The number of rotatable bonds is 3. The molecule has 2 N–H and O–H groups in total. The molecule has 0 bridgehead atoms. The molecule has 1 fully saturated rings. The number of carbonyl (C=O) groups excluding carboxylic acids is 1. The van der Waals surface area contributed by atoms with Crippen molar-refractivity contribution in [3.05, 3.63) is 29.8 Å². The summed E-state index contributed by atoms with van der Waals surface area (Å²) >= 11 is 0. The van der Waals surface area contributed by atoms with E-state index in [9.17, 15) is 4.79 Å². The Hall–Kier alpha value is -1.51. The molecule has 1 amide bonds. The maximum absolute atomic E-state index is 12.1. The Labute approximate surface area is 109 Å². The molecule has 1 aliphatic rings. The van der Waals surface area contributed by atoms with Crippen LogP contribution in [0.15, 0.2) is 24.3 Å². The van der Waals surface area contributed by atoms with Gasteiger partial charge in [-0.05, 0) is 37.1 Å². The zero-order valence-corrected chi connectivity index (χ0v) is 11.0. The van der Waals surface area contributed by atoms with Crippen LogP contribution in [0.25, 0.3) is 0 Å². The molecule has 1 aliphatic carbocycles. The highest BCUT2D eigenvalue weighted by molar-refractivity contribution is 5.94. The summed E-state index contributed by atoms with van der Waals surface area (Å²) in [5.74, 6) is 0.0598. The Morgan fingerprint density at radius 1 is 1.06 bits per heavy atom. The molecule has 0 saturated heterocycles. The highest BCUT2D eigenvalue weighted by Crippen LogP contribution is 2.18. The third-order valence-corrected chi connectivity index (χ3v) is 3.63. The molecule has 18 heavy (non-hydrogen) atoms. The number of hydrogen-bond acceptors (Lipinski definition) is 2. The fraction of sp³-hybridized carbons (Fsp3) is 0.533. The Kier molecular flexibility index (Phi) is 4.62. The van der Waals surface area contributed by atoms with Crippen LogP contribution in [0, 0.1) is 0 Å². The first-order chi connectivity index (χ1) is 8.79. The van der Waals surface area contributed by atoms with Crippen LogP contribution >= 0.6 is 0 Å². The van der Waals surface area contributed by atoms with Crippen molar-refractivity contribution in [1.82, 2.24) is 5.32 Å². The van der Waals surface area contributed by atoms with E-state index in [4.69, 9.17) is 0 Å². The van der Waals surface area contributed by atoms with E-state index in [0.29, 0.717) is 6.04 Å². The van der Waals surface area contributed by atoms with Gasteiger partial charge in [-0.3, -0.25) is 4.79 Å². The lowest BCUT2D eigenvalue weighted by Gasteiger charge is -2.16. The van der Waals surface area contributed by atoms with Gasteiger partial charge in [0.2, 0.25) is 0 Å². The number of carbonyl (C=O) groups is 1. The molecule has 1 aromatic carbocycles. The smallest absolute Gasteiger partial charge is 0.251 e. The number of benzene rings is 1. The molecule has 98 valence electrons. The van der Waals surface area contributed by atoms with Crippen LogP contribution in [0.3, 0.4) is 0 Å². The highest BCUT2D eigenvalue weighted by Gasteiger charge is 2.15. The fourth-order valence-corrected chi connectivity index (χ4v) is 2.48. The second kappa shape index (κ2) is 6.43. The first-order valence-corrected chi connectivity index (χ1v) is 6.88. The first-order valence-electron chi connectivity index (χ1n) is 6.88. The molecule has 0 spiro atoms. The van der Waals surface area contributed by atoms with Crippen LogP contribution < -0.4 is 10.6 Å². The number of anilines is 1. The van der Waals surface area contributed by atoms with E-state index < -0.39 is 0 Å². The van der Waals surface area contributed by atoms with Gasteiger partial charge in [0.25, 0.3) is 5.91 Å². The molecular weight excluding hydrogens is 224 g/mol. The summed E-state index contributed by atoms with van der Waals surface area (Å²) in [6.45, 7) is 0. The average Bonchev–Trinajstić information content (AvgIpc) is 2.67. The lowest BCUT2D eigenvalue weighted by Crippen LogP contribution is -2.34. The van der Waals surface area contributed by atoms with Crippen molar-refractivity contribution < 1.29 is 4.79 Å². The molecule has 0 aliphatic heterocycles. The van der Waals surface area contributed by atoms with Crippen molar-refractivity contribution in [3.63, 3.8) is 0 Å². The van der Waals surface area contributed by atoms with Crippen molar-refractivity contribution in [2.45, 2.75) is 44.6 Å². The molecule has 3 nitrogen and oxygen atoms in total. The average molecular weight is 246 g/mol. The molecule has 0 radical (unpaired) electrons. The van der Waals surface area contributed by atoms with Crippen molar-refractivity contribution >= 4 is 11.6 Å². The van der Waals surface area contributed by atoms with Crippen molar-refractivity contribution in [2.75, 3.05) is 12.4 Å². The third kappa shape index (κ3) is 3.49. The van der Waals surface area contributed by atoms with Gasteiger partial charge in [0.1, 0.15) is 0 Å². The standard InChI is InChI=1S/C15H22N2O/c1-16-13-10-8-12(9-11-13)15(18)17-14-6-4-2-3-5-7-14/h8-11,14,16H,2-7H2,1H3,(H,17,18). The molecule has 0 atom stereocenters. The van der Waals surface area contributed by atoms with E-state index in [0.717, 1.165) is 24.1 Å². The second-order valence-electron chi connectivity index (χ2n) is 4.99. The van der Waals surface area contributed by atoms with Gasteiger partial charge in [-0.1, -0.05) is 25.7 Å². The van der Waals surface area contributed by atoms with Gasteiger partial charge in [0.05, 0.1) is 0 Å². The molecular formula is C15H22N2O. The van der Waals surface area contributed by atoms with Crippen LogP contribution in [-0.4, -0.2) is 19.0 Å². The molecule has 2 rings (SSSR count). The van der Waals surface area contributed by atoms with Crippen LogP contribution in [0.1, 0.15) is 48.9 Å². The second-order valence-corrected chi connectivity index (χ2v) is 4.99. The lowest BCUT2D eigenvalue weighted by atomic mass is 10.1. The molecule has 0 unspecified atom stereocenters. The largest absolute Gasteiger partial charge is 0.388 e. The monoisotopic (exact) mass is 246 g/mol. The summed E-state index contributed by atoms with van der Waals surface area (Å²) in [4.78, 5) is 12.1. The van der Waals surface area contributed by atoms with Gasteiger partial charge in [-0.2, -0.15) is 0 Å². The summed E-state index contributed by atoms with van der Waals surface area (Å²) in [6, 6.07) is 7.98. The number of hydrogen-bond donors (Lipinski definition) is 2. The molecule has 0 heterocycles. The lowest BCUT2D eigenvalue weighted by molar-refractivity contribution is 0.0933. The summed E-state index contributed by atoms with van der Waals surface area (Å²) in [5.41, 5.74) is 1.78. The predicted octanol–water partition coefficient (Wildman–Crippen LogP) is 3.18. The van der Waals surface area contributed by atoms with Crippen LogP contribution in [0.4, 0.5) is 5.69 Å². The van der Waals surface area contributed by atoms with Crippen molar-refractivity contribution in [2.24, 2.45) is 0 Å². The summed E-state index contributed by atoms with van der Waals surface area (Å²) in [7, 11) is 1.88. The van der Waals surface area contributed by atoms with Crippen molar-refractivity contribution in [1.29, 1.82) is 0 Å². The third-order valence-electron chi connectivity index (χ3n) is 3.63. The quantitative estimate of drug-likeness (QED) is 0.804. The van der Waals surface area contributed by atoms with Crippen LogP contribution in [0.5, 0.6) is 0 Å². The van der Waals surface area contributed by atoms with E-state index in [1.54, 1.807) is 0 Å². The van der Waals surface area contributed by atoms with Crippen LogP contribution in [-0.2, 0) is 0 Å². The minimum atomic E-state index is 0.0598. The maximum atomic E-state index is 12.1. The Morgan fingerprint density at radius 3 is 2.22 bits per heavy atom. The van der Waals surface area contributed by atoms with Gasteiger partial charge in [-0.25, -0.2) is 0 Å². The van der Waals surface area contributed by atoms with E-state index in [1.807, 2.05) is 31.3 Å². The van der Waals surface area contributed by atoms with Gasteiger partial charge in [0.15, 0.2) is 0 Å². The van der Waals surface area contributed by atoms with E-state index in [-0.39, 0.29) is 5.91 Å². The zero-order chi connectivity index (χ0) is 12.8. The Balaban J connectivity index is 1.93. The maximum Gasteiger partial charge on any atom is 0.251 e. The molecule has 3 heteroatoms. The summed E-state index contributed by atoms with van der Waals surface area (Å²) in [5, 5.41) is 6.20. The SMILES string of the molecule is CNc1ccc(C(=O)NC2CCCCCC2)cc1. The number of nitrogens with one attached hydrogen (secondary N) is 2. The zero-order valence-electron chi connectivity index (χ0n) is 11.0. The van der Waals surface area contributed by atoms with E-state index in [1.165, 1.54) is 25.7 Å². The minimum absolute atomic E-state index is 0.0598. The van der Waals surface area contributed by atoms with E-state index in [2.05, 4.69) is 10.6 Å². The van der Waals surface area contributed by atoms with Gasteiger partial charge < -0.3 is 10.6 Å². The van der Waals surface area contributed by atoms with E-state index >= 15 is 0 Å². The summed E-state index contributed by atoms with van der Waals surface area (Å²) in [6.07, 6.45) is 7.35. The van der Waals surface area contributed by atoms with Gasteiger partial charge in [-0.15, -0.1) is 0 Å². The van der Waals surface area contributed by atoms with Crippen LogP contribution in [0.2, 0.25) is 0 Å². The van der Waals surface area contributed by atoms with Crippen molar-refractivity contribution in [3.8, 4) is 0 Å². The molecule has 0 aromatic heterocycles. The minimum Gasteiger partial charge on any atom is -0.388 e. The van der Waals surface area contributed by atoms with Gasteiger partial charge >= 0.3 is 0 Å².